The topological polar surface area (TPSA) is 86.5 Å². The molecule has 0 spiro atoms. The van der Waals surface area contributed by atoms with Crippen LogP contribution >= 0.6 is 15.9 Å². The van der Waals surface area contributed by atoms with Crippen LogP contribution in [0.5, 0.6) is 11.6 Å². The first-order valence-electron chi connectivity index (χ1n) is 7.80. The molecule has 0 saturated heterocycles. The lowest BCUT2D eigenvalue weighted by Crippen LogP contribution is -2.27. The molecule has 1 amide bonds. The van der Waals surface area contributed by atoms with E-state index in [9.17, 15) is 4.79 Å². The van der Waals surface area contributed by atoms with Crippen LogP contribution in [0.3, 0.4) is 0 Å². The van der Waals surface area contributed by atoms with Crippen LogP contribution in [0.4, 0.5) is 0 Å². The quantitative estimate of drug-likeness (QED) is 0.593. The number of benzene rings is 1. The van der Waals surface area contributed by atoms with E-state index in [2.05, 4.69) is 31.4 Å². The van der Waals surface area contributed by atoms with E-state index in [1.54, 1.807) is 25.3 Å². The van der Waals surface area contributed by atoms with E-state index in [-0.39, 0.29) is 18.3 Å². The van der Waals surface area contributed by atoms with E-state index in [4.69, 9.17) is 13.9 Å². The average molecular weight is 418 g/mol. The van der Waals surface area contributed by atoms with Crippen molar-refractivity contribution in [1.29, 1.82) is 0 Å². The minimum Gasteiger partial charge on any atom is -0.497 e. The number of ether oxygens (including phenoxy) is 2. The number of nitrogens with one attached hydrogen (secondary N) is 1. The van der Waals surface area contributed by atoms with Crippen molar-refractivity contribution in [3.8, 4) is 22.9 Å². The Hall–Kier alpha value is -2.87. The zero-order valence-electron chi connectivity index (χ0n) is 13.9. The van der Waals surface area contributed by atoms with Crippen LogP contribution in [0.15, 0.2) is 57.6 Å². The van der Waals surface area contributed by atoms with Crippen molar-refractivity contribution < 1.29 is 18.7 Å². The Morgan fingerprint density at radius 1 is 1.12 bits per heavy atom. The van der Waals surface area contributed by atoms with Gasteiger partial charge in [0.25, 0.3) is 5.91 Å². The second kappa shape index (κ2) is 8.48. The van der Waals surface area contributed by atoms with Crippen molar-refractivity contribution in [1.82, 2.24) is 15.5 Å². The SMILES string of the molecule is COc1ccc(-c2ccc(OCCNC(=O)c3ccc(Br)o3)nn2)cc1. The summed E-state index contributed by atoms with van der Waals surface area (Å²) < 4.78 is 16.3. The van der Waals surface area contributed by atoms with E-state index >= 15 is 0 Å². The zero-order chi connectivity index (χ0) is 18.4. The van der Waals surface area contributed by atoms with Crippen LogP contribution in [0, 0.1) is 0 Å². The second-order valence-electron chi connectivity index (χ2n) is 5.19. The lowest BCUT2D eigenvalue weighted by Gasteiger charge is -2.07. The van der Waals surface area contributed by atoms with Gasteiger partial charge in [0.1, 0.15) is 12.4 Å². The number of methoxy groups -OCH3 is 1. The number of furan rings is 1. The summed E-state index contributed by atoms with van der Waals surface area (Å²) in [5.41, 5.74) is 1.67. The molecule has 0 atom stereocenters. The Bertz CT molecular complexity index is 863. The molecule has 2 aromatic heterocycles. The lowest BCUT2D eigenvalue weighted by atomic mass is 10.1. The van der Waals surface area contributed by atoms with E-state index in [1.807, 2.05) is 30.3 Å². The highest BCUT2D eigenvalue weighted by molar-refractivity contribution is 9.10. The van der Waals surface area contributed by atoms with Crippen molar-refractivity contribution in [2.24, 2.45) is 0 Å². The lowest BCUT2D eigenvalue weighted by molar-refractivity contribution is 0.0917. The summed E-state index contributed by atoms with van der Waals surface area (Å²) in [6, 6.07) is 14.3. The molecule has 0 radical (unpaired) electrons. The Kier molecular flexibility index (Phi) is 5.85. The third-order valence-electron chi connectivity index (χ3n) is 3.46. The normalized spacial score (nSPS) is 10.4. The van der Waals surface area contributed by atoms with Crippen LogP contribution in [-0.2, 0) is 0 Å². The molecule has 1 N–H and O–H groups in total. The molecule has 7 nitrogen and oxygen atoms in total. The number of hydrogen-bond acceptors (Lipinski definition) is 6. The zero-order valence-corrected chi connectivity index (χ0v) is 15.5. The van der Waals surface area contributed by atoms with Crippen molar-refractivity contribution in [3.05, 3.63) is 59.0 Å². The molecule has 0 saturated carbocycles. The monoisotopic (exact) mass is 417 g/mol. The van der Waals surface area contributed by atoms with E-state index in [0.717, 1.165) is 17.0 Å². The first-order chi connectivity index (χ1) is 12.7. The molecule has 0 unspecified atom stereocenters. The maximum absolute atomic E-state index is 11.8. The molecule has 0 fully saturated rings. The van der Waals surface area contributed by atoms with Gasteiger partial charge < -0.3 is 19.2 Å². The third kappa shape index (κ3) is 4.60. The van der Waals surface area contributed by atoms with Crippen LogP contribution in [-0.4, -0.2) is 36.4 Å². The first-order valence-corrected chi connectivity index (χ1v) is 8.59. The summed E-state index contributed by atoms with van der Waals surface area (Å²) in [5, 5.41) is 10.9. The van der Waals surface area contributed by atoms with Gasteiger partial charge in [0.15, 0.2) is 10.4 Å². The summed E-state index contributed by atoms with van der Waals surface area (Å²) in [6.45, 7) is 0.587. The number of carbonyl (C=O) groups excluding carboxylic acids is 1. The predicted molar refractivity (Wildman–Crippen MR) is 98.3 cm³/mol. The number of rotatable bonds is 7. The van der Waals surface area contributed by atoms with Gasteiger partial charge >= 0.3 is 0 Å². The fourth-order valence-corrected chi connectivity index (χ4v) is 2.46. The van der Waals surface area contributed by atoms with Crippen molar-refractivity contribution in [2.45, 2.75) is 0 Å². The first kappa shape index (κ1) is 17.9. The highest BCUT2D eigenvalue weighted by Crippen LogP contribution is 2.21. The van der Waals surface area contributed by atoms with Gasteiger partial charge in [-0.05, 0) is 58.4 Å². The number of aromatic nitrogens is 2. The maximum Gasteiger partial charge on any atom is 0.287 e. The molecule has 1 aromatic carbocycles. The second-order valence-corrected chi connectivity index (χ2v) is 5.98. The Morgan fingerprint density at radius 3 is 2.54 bits per heavy atom. The number of carbonyl (C=O) groups is 1. The highest BCUT2D eigenvalue weighted by Gasteiger charge is 2.09. The average Bonchev–Trinajstić information content (AvgIpc) is 3.12. The Labute approximate surface area is 158 Å². The summed E-state index contributed by atoms with van der Waals surface area (Å²) >= 11 is 3.15. The molecule has 134 valence electrons. The number of nitrogens with zero attached hydrogens (tertiary/aromatic N) is 2. The van der Waals surface area contributed by atoms with Crippen LogP contribution in [0.1, 0.15) is 10.6 Å². The molecule has 0 bridgehead atoms. The molecule has 8 heteroatoms. The molecule has 0 aliphatic heterocycles. The van der Waals surface area contributed by atoms with Crippen LogP contribution in [0.25, 0.3) is 11.3 Å². The van der Waals surface area contributed by atoms with Gasteiger partial charge in [-0.2, -0.15) is 0 Å². The number of hydrogen-bond donors (Lipinski definition) is 1. The number of halogens is 1. The molecular weight excluding hydrogens is 402 g/mol. The highest BCUT2D eigenvalue weighted by atomic mass is 79.9. The van der Waals surface area contributed by atoms with Gasteiger partial charge in [0.2, 0.25) is 5.88 Å². The fourth-order valence-electron chi connectivity index (χ4n) is 2.16. The van der Waals surface area contributed by atoms with Crippen molar-refractivity contribution in [2.75, 3.05) is 20.3 Å². The molecule has 3 rings (SSSR count). The van der Waals surface area contributed by atoms with Crippen LogP contribution in [0.2, 0.25) is 0 Å². The Balaban J connectivity index is 1.47. The minimum absolute atomic E-state index is 0.237. The largest absolute Gasteiger partial charge is 0.497 e. The number of amides is 1. The predicted octanol–water partition coefficient (Wildman–Crippen LogP) is 3.32. The van der Waals surface area contributed by atoms with Gasteiger partial charge in [-0.3, -0.25) is 4.79 Å². The molecule has 3 aromatic rings. The van der Waals surface area contributed by atoms with Crippen molar-refractivity contribution in [3.63, 3.8) is 0 Å². The fraction of sp³-hybridized carbons (Fsp3) is 0.167. The smallest absolute Gasteiger partial charge is 0.287 e. The van der Waals surface area contributed by atoms with Crippen LogP contribution < -0.4 is 14.8 Å². The summed E-state index contributed by atoms with van der Waals surface area (Å²) in [6.07, 6.45) is 0. The van der Waals surface area contributed by atoms with E-state index < -0.39 is 0 Å². The third-order valence-corrected chi connectivity index (χ3v) is 3.89. The van der Waals surface area contributed by atoms with Gasteiger partial charge in [0.05, 0.1) is 19.3 Å². The molecule has 26 heavy (non-hydrogen) atoms. The molecule has 0 aliphatic rings. The van der Waals surface area contributed by atoms with Gasteiger partial charge in [-0.1, -0.05) is 0 Å². The minimum atomic E-state index is -0.305. The van der Waals surface area contributed by atoms with Gasteiger partial charge in [0, 0.05) is 11.6 Å². The summed E-state index contributed by atoms with van der Waals surface area (Å²) in [5.74, 6) is 1.10. The Morgan fingerprint density at radius 2 is 1.92 bits per heavy atom. The van der Waals surface area contributed by atoms with E-state index in [1.165, 1.54) is 0 Å². The van der Waals surface area contributed by atoms with E-state index in [0.29, 0.717) is 17.1 Å². The van der Waals surface area contributed by atoms with Gasteiger partial charge in [-0.25, -0.2) is 0 Å². The van der Waals surface area contributed by atoms with Gasteiger partial charge in [-0.15, -0.1) is 10.2 Å². The molecular formula is C18H16BrN3O4. The molecule has 0 aliphatic carbocycles. The summed E-state index contributed by atoms with van der Waals surface area (Å²) in [4.78, 5) is 11.8. The molecule has 2 heterocycles. The standard InChI is InChI=1S/C18H16BrN3O4/c1-24-13-4-2-12(3-5-13)14-6-9-17(22-21-14)25-11-10-20-18(23)15-7-8-16(19)26-15/h2-9H,10-11H2,1H3,(H,20,23). The van der Waals surface area contributed by atoms with Crippen molar-refractivity contribution >= 4 is 21.8 Å². The maximum atomic E-state index is 11.8. The summed E-state index contributed by atoms with van der Waals surface area (Å²) in [7, 11) is 1.62.